The highest BCUT2D eigenvalue weighted by Gasteiger charge is 2.18. The molecule has 0 radical (unpaired) electrons. The molecule has 1 saturated heterocycles. The number of aromatic nitrogens is 2. The standard InChI is InChI=1S/C25H29FN6O6S/c1-17(33)38-39(34,35)31-23-8-4-3-7-22(23)29-24-21(26)16-27-25(30-24)28-18-13-19(36-2)15-20(14-18)37-12-11-32-9-5-6-10-32/h3-4,7-8,13-16,31H,5-6,9-12H2,1-2H3,(H2,27,28,29,30). The lowest BCUT2D eigenvalue weighted by Crippen LogP contribution is -2.25. The van der Waals surface area contributed by atoms with Crippen LogP contribution in [0.25, 0.3) is 0 Å². The number of methoxy groups -OCH3 is 1. The molecule has 3 aromatic rings. The van der Waals surface area contributed by atoms with E-state index >= 15 is 0 Å². The van der Waals surface area contributed by atoms with Crippen LogP contribution in [-0.4, -0.2) is 62.6 Å². The summed E-state index contributed by atoms with van der Waals surface area (Å²) >= 11 is 0. The summed E-state index contributed by atoms with van der Waals surface area (Å²) in [6.07, 6.45) is 3.38. The Morgan fingerprint density at radius 2 is 1.79 bits per heavy atom. The molecule has 1 fully saturated rings. The highest BCUT2D eigenvalue weighted by atomic mass is 32.2. The number of likely N-dealkylation sites (tertiary alicyclic amines) is 1. The van der Waals surface area contributed by atoms with Crippen molar-refractivity contribution < 1.29 is 31.3 Å². The van der Waals surface area contributed by atoms with Crippen LogP contribution in [-0.2, 0) is 19.3 Å². The number of anilines is 5. The highest BCUT2D eigenvalue weighted by molar-refractivity contribution is 7.88. The molecule has 0 amide bonds. The van der Waals surface area contributed by atoms with E-state index in [1.807, 2.05) is 0 Å². The van der Waals surface area contributed by atoms with Gasteiger partial charge in [0, 0.05) is 37.4 Å². The smallest absolute Gasteiger partial charge is 0.410 e. The van der Waals surface area contributed by atoms with E-state index in [1.165, 1.54) is 32.1 Å². The van der Waals surface area contributed by atoms with Gasteiger partial charge in [-0.25, -0.2) is 14.1 Å². The highest BCUT2D eigenvalue weighted by Crippen LogP contribution is 2.30. The lowest BCUT2D eigenvalue weighted by atomic mass is 10.2. The number of nitrogens with one attached hydrogen (secondary N) is 3. The van der Waals surface area contributed by atoms with Gasteiger partial charge in [0.25, 0.3) is 0 Å². The number of nitrogens with zero attached hydrogens (tertiary/aromatic N) is 3. The number of hydrogen-bond acceptors (Lipinski definition) is 11. The fourth-order valence-electron chi connectivity index (χ4n) is 3.91. The van der Waals surface area contributed by atoms with Crippen LogP contribution >= 0.6 is 0 Å². The number of ether oxygens (including phenoxy) is 2. The normalized spacial score (nSPS) is 13.5. The maximum Gasteiger partial charge on any atom is 0.410 e. The fraction of sp³-hybridized carbons (Fsp3) is 0.320. The summed E-state index contributed by atoms with van der Waals surface area (Å²) in [5, 5.41) is 5.75. The summed E-state index contributed by atoms with van der Waals surface area (Å²) in [7, 11) is -2.90. The molecule has 0 unspecified atom stereocenters. The van der Waals surface area contributed by atoms with Crippen molar-refractivity contribution in [2.75, 3.05) is 48.7 Å². The minimum atomic E-state index is -4.43. The van der Waals surface area contributed by atoms with E-state index in [4.69, 9.17) is 9.47 Å². The van der Waals surface area contributed by atoms with E-state index in [-0.39, 0.29) is 23.1 Å². The van der Waals surface area contributed by atoms with Gasteiger partial charge in [0.2, 0.25) is 5.95 Å². The second kappa shape index (κ2) is 12.6. The van der Waals surface area contributed by atoms with E-state index in [0.717, 1.165) is 32.8 Å². The number of carbonyl (C=O) groups is 1. The molecule has 1 aromatic heterocycles. The van der Waals surface area contributed by atoms with Crippen LogP contribution in [0.5, 0.6) is 11.5 Å². The molecular weight excluding hydrogens is 531 g/mol. The largest absolute Gasteiger partial charge is 0.497 e. The summed E-state index contributed by atoms with van der Waals surface area (Å²) in [5.74, 6) is -0.821. The van der Waals surface area contributed by atoms with Crippen molar-refractivity contribution in [2.45, 2.75) is 19.8 Å². The number of hydrogen-bond donors (Lipinski definition) is 3. The van der Waals surface area contributed by atoms with Gasteiger partial charge in [-0.2, -0.15) is 13.4 Å². The first-order valence-electron chi connectivity index (χ1n) is 12.1. The van der Waals surface area contributed by atoms with Crippen LogP contribution in [0.3, 0.4) is 0 Å². The zero-order valence-electron chi connectivity index (χ0n) is 21.4. The molecule has 2 aromatic carbocycles. The third kappa shape index (κ3) is 8.15. The van der Waals surface area contributed by atoms with Crippen LogP contribution in [0.2, 0.25) is 0 Å². The van der Waals surface area contributed by atoms with Gasteiger partial charge in [0.15, 0.2) is 11.6 Å². The Balaban J connectivity index is 1.49. The molecule has 0 atom stereocenters. The molecule has 14 heteroatoms. The van der Waals surface area contributed by atoms with Crippen LogP contribution < -0.4 is 24.8 Å². The second-order valence-electron chi connectivity index (χ2n) is 8.61. The Labute approximate surface area is 225 Å². The molecule has 39 heavy (non-hydrogen) atoms. The summed E-state index contributed by atoms with van der Waals surface area (Å²) < 4.78 is 56.4. The molecule has 4 rings (SSSR count). The summed E-state index contributed by atoms with van der Waals surface area (Å²) in [6.45, 7) is 4.47. The Hall–Kier alpha value is -4.17. The van der Waals surface area contributed by atoms with E-state index in [2.05, 4.69) is 34.4 Å². The molecule has 2 heterocycles. The maximum atomic E-state index is 14.6. The average Bonchev–Trinajstić information content (AvgIpc) is 3.39. The zero-order chi connectivity index (χ0) is 27.8. The van der Waals surface area contributed by atoms with Crippen molar-refractivity contribution >= 4 is 45.1 Å². The van der Waals surface area contributed by atoms with Crippen molar-refractivity contribution in [1.29, 1.82) is 0 Å². The van der Waals surface area contributed by atoms with Crippen molar-refractivity contribution in [2.24, 2.45) is 0 Å². The van der Waals surface area contributed by atoms with Gasteiger partial charge in [-0.3, -0.25) is 9.69 Å². The lowest BCUT2D eigenvalue weighted by molar-refractivity contribution is -0.131. The van der Waals surface area contributed by atoms with Crippen molar-refractivity contribution in [3.05, 3.63) is 54.5 Å². The van der Waals surface area contributed by atoms with E-state index in [1.54, 1.807) is 30.3 Å². The van der Waals surface area contributed by atoms with E-state index in [0.29, 0.717) is 23.8 Å². The van der Waals surface area contributed by atoms with Crippen LogP contribution in [0.4, 0.5) is 33.2 Å². The monoisotopic (exact) mass is 560 g/mol. The fourth-order valence-corrected chi connectivity index (χ4v) is 4.70. The summed E-state index contributed by atoms with van der Waals surface area (Å²) in [6, 6.07) is 11.3. The first kappa shape index (κ1) is 27.9. The predicted molar refractivity (Wildman–Crippen MR) is 143 cm³/mol. The molecule has 12 nitrogen and oxygen atoms in total. The zero-order valence-corrected chi connectivity index (χ0v) is 22.3. The first-order chi connectivity index (χ1) is 18.7. The molecule has 1 aliphatic rings. The van der Waals surface area contributed by atoms with Gasteiger partial charge in [-0.1, -0.05) is 12.1 Å². The molecule has 0 aliphatic carbocycles. The Kier molecular flexibility index (Phi) is 8.99. The Bertz CT molecular complexity index is 1420. The third-order valence-corrected chi connectivity index (χ3v) is 6.56. The lowest BCUT2D eigenvalue weighted by Gasteiger charge is -2.16. The topological polar surface area (TPSA) is 144 Å². The van der Waals surface area contributed by atoms with Crippen LogP contribution in [0, 0.1) is 5.82 Å². The molecule has 0 bridgehead atoms. The third-order valence-electron chi connectivity index (χ3n) is 5.63. The van der Waals surface area contributed by atoms with Gasteiger partial charge < -0.3 is 24.3 Å². The molecule has 0 saturated carbocycles. The van der Waals surface area contributed by atoms with E-state index in [9.17, 15) is 17.6 Å². The van der Waals surface area contributed by atoms with Crippen LogP contribution in [0.1, 0.15) is 19.8 Å². The molecule has 1 aliphatic heterocycles. The number of benzene rings is 2. The van der Waals surface area contributed by atoms with Gasteiger partial charge in [0.05, 0.1) is 24.7 Å². The van der Waals surface area contributed by atoms with Crippen LogP contribution in [0.15, 0.2) is 48.7 Å². The molecule has 0 spiro atoms. The molecule has 208 valence electrons. The SMILES string of the molecule is COc1cc(Nc2ncc(F)c(Nc3ccccc3NS(=O)(=O)OC(C)=O)n2)cc(OCCN2CCCC2)c1. The average molecular weight is 561 g/mol. The quantitative estimate of drug-likeness (QED) is 0.297. The minimum absolute atomic E-state index is 0.00906. The van der Waals surface area contributed by atoms with Gasteiger partial charge in [-0.15, -0.1) is 0 Å². The minimum Gasteiger partial charge on any atom is -0.497 e. The van der Waals surface area contributed by atoms with Crippen molar-refractivity contribution in [3.63, 3.8) is 0 Å². The van der Waals surface area contributed by atoms with Gasteiger partial charge >= 0.3 is 16.3 Å². The van der Waals surface area contributed by atoms with Crippen molar-refractivity contribution in [1.82, 2.24) is 14.9 Å². The number of carbonyl (C=O) groups excluding carboxylic acids is 1. The predicted octanol–water partition coefficient (Wildman–Crippen LogP) is 3.81. The second-order valence-corrected chi connectivity index (χ2v) is 9.89. The first-order valence-corrected chi connectivity index (χ1v) is 13.5. The van der Waals surface area contributed by atoms with E-state index < -0.39 is 22.1 Å². The van der Waals surface area contributed by atoms with Crippen molar-refractivity contribution in [3.8, 4) is 11.5 Å². The Morgan fingerprint density at radius 3 is 2.51 bits per heavy atom. The number of halogens is 1. The summed E-state index contributed by atoms with van der Waals surface area (Å²) in [5.41, 5.74) is 0.722. The number of rotatable bonds is 12. The molecule has 3 N–H and O–H groups in total. The number of para-hydroxylation sites is 2. The van der Waals surface area contributed by atoms with Gasteiger partial charge in [0.1, 0.15) is 18.1 Å². The maximum absolute atomic E-state index is 14.6. The molecular formula is C25H29FN6O6S. The summed E-state index contributed by atoms with van der Waals surface area (Å²) in [4.78, 5) is 21.6. The Morgan fingerprint density at radius 1 is 1.08 bits per heavy atom. The van der Waals surface area contributed by atoms with Gasteiger partial charge in [-0.05, 0) is 38.1 Å².